The molecule has 1 amide bonds. The summed E-state index contributed by atoms with van der Waals surface area (Å²) in [5, 5.41) is 23.8. The molecule has 0 radical (unpaired) electrons. The molecular weight excluding hydrogens is 435 g/mol. The number of amides is 1. The number of thioether (sulfide) groups is 1. The van der Waals surface area contributed by atoms with Crippen LogP contribution < -0.4 is 5.32 Å². The predicted molar refractivity (Wildman–Crippen MR) is 112 cm³/mol. The van der Waals surface area contributed by atoms with Gasteiger partial charge in [-0.05, 0) is 39.0 Å². The second-order valence-corrected chi connectivity index (χ2v) is 9.91. The number of hydrogen-bond donors (Lipinski definition) is 5. The smallest absolute Gasteiger partial charge is 0.387 e. The molecule has 0 aromatic carbocycles. The number of likely N-dealkylation sites (tertiary alicyclic amines) is 1. The first-order chi connectivity index (χ1) is 14.0. The maximum atomic E-state index is 12.9. The van der Waals surface area contributed by atoms with Gasteiger partial charge in [0.15, 0.2) is 0 Å². The minimum atomic E-state index is -4.91. The van der Waals surface area contributed by atoms with E-state index in [2.05, 4.69) is 16.8 Å². The Labute approximate surface area is 181 Å². The SMILES string of the molecule is CC=C(NC(=O)[C@@H]1C[C@@H](CCC)CN1C)[C@H]1O[C@H](SC)[C@H](OP(=O)(O)O)[C@@H](O)[C@H]1O. The largest absolute Gasteiger partial charge is 0.470 e. The van der Waals surface area contributed by atoms with Gasteiger partial charge in [-0.1, -0.05) is 19.4 Å². The standard InChI is InChI=1S/C18H33N2O8PS/c1-5-7-10-8-12(20(3)9-10)17(23)19-11(6-2)15-13(21)14(22)16(18(27-15)30-4)28-29(24,25)26/h6,10,12-16,18,21-22H,5,7-9H2,1-4H3,(H,19,23)(H2,24,25,26)/t10-,12+,13-,14+,15-,16-,18-/m1/s1. The predicted octanol–water partition coefficient (Wildman–Crippen LogP) is 0.414. The van der Waals surface area contributed by atoms with Crippen molar-refractivity contribution >= 4 is 25.5 Å². The number of aliphatic hydroxyl groups excluding tert-OH is 2. The lowest BCUT2D eigenvalue weighted by atomic mass is 9.96. The van der Waals surface area contributed by atoms with Crippen molar-refractivity contribution in [3.8, 4) is 0 Å². The topological polar surface area (TPSA) is 149 Å². The highest BCUT2D eigenvalue weighted by molar-refractivity contribution is 7.99. The van der Waals surface area contributed by atoms with E-state index in [9.17, 15) is 19.6 Å². The van der Waals surface area contributed by atoms with E-state index in [4.69, 9.17) is 14.5 Å². The molecule has 0 aromatic heterocycles. The summed E-state index contributed by atoms with van der Waals surface area (Å²) in [4.78, 5) is 33.1. The number of carbonyl (C=O) groups is 1. The molecule has 5 N–H and O–H groups in total. The molecule has 2 aliphatic heterocycles. The molecule has 174 valence electrons. The molecule has 0 aromatic rings. The van der Waals surface area contributed by atoms with E-state index in [0.29, 0.717) is 5.92 Å². The van der Waals surface area contributed by atoms with Crippen molar-refractivity contribution in [1.29, 1.82) is 0 Å². The van der Waals surface area contributed by atoms with Crippen molar-refractivity contribution in [1.82, 2.24) is 10.2 Å². The third-order valence-corrected chi connectivity index (χ3v) is 6.92. The fourth-order valence-electron chi connectivity index (χ4n) is 4.12. The van der Waals surface area contributed by atoms with E-state index in [1.165, 1.54) is 0 Å². The second kappa shape index (κ2) is 10.9. The monoisotopic (exact) mass is 468 g/mol. The summed E-state index contributed by atoms with van der Waals surface area (Å²) in [6.07, 6.45) is 0.372. The highest BCUT2D eigenvalue weighted by Crippen LogP contribution is 2.43. The molecule has 2 saturated heterocycles. The van der Waals surface area contributed by atoms with Crippen molar-refractivity contribution in [3.63, 3.8) is 0 Å². The van der Waals surface area contributed by atoms with Crippen LogP contribution in [-0.2, 0) is 18.6 Å². The normalized spacial score (nSPS) is 36.1. The van der Waals surface area contributed by atoms with Crippen molar-refractivity contribution in [2.75, 3.05) is 19.8 Å². The van der Waals surface area contributed by atoms with Crippen molar-refractivity contribution in [2.45, 2.75) is 69.0 Å². The zero-order valence-corrected chi connectivity index (χ0v) is 19.4. The number of nitrogens with one attached hydrogen (secondary N) is 1. The molecule has 2 rings (SSSR count). The quantitative estimate of drug-likeness (QED) is 0.317. The third-order valence-electron chi connectivity index (χ3n) is 5.56. The Morgan fingerprint density at radius 2 is 2.03 bits per heavy atom. The summed E-state index contributed by atoms with van der Waals surface area (Å²) in [5.74, 6) is 0.235. The summed E-state index contributed by atoms with van der Waals surface area (Å²) in [7, 11) is -3.01. The lowest BCUT2D eigenvalue weighted by molar-refractivity contribution is -0.184. The van der Waals surface area contributed by atoms with Crippen LogP contribution in [-0.4, -0.2) is 86.5 Å². The van der Waals surface area contributed by atoms with Gasteiger partial charge in [0.1, 0.15) is 29.9 Å². The van der Waals surface area contributed by atoms with Crippen LogP contribution in [0.3, 0.4) is 0 Å². The Bertz CT molecular complexity index is 673. The summed E-state index contributed by atoms with van der Waals surface area (Å²) in [5.41, 5.74) is -0.677. The van der Waals surface area contributed by atoms with Crippen molar-refractivity contribution < 1.29 is 38.6 Å². The zero-order valence-electron chi connectivity index (χ0n) is 17.7. The van der Waals surface area contributed by atoms with Crippen LogP contribution in [0.2, 0.25) is 0 Å². The van der Waals surface area contributed by atoms with Gasteiger partial charge in [0.2, 0.25) is 5.91 Å². The summed E-state index contributed by atoms with van der Waals surface area (Å²) in [6, 6.07) is -0.302. The average Bonchev–Trinajstić information content (AvgIpc) is 3.04. The van der Waals surface area contributed by atoms with Gasteiger partial charge < -0.3 is 30.1 Å². The molecule has 12 heteroatoms. The third kappa shape index (κ3) is 6.27. The molecule has 0 saturated carbocycles. The van der Waals surface area contributed by atoms with E-state index in [1.807, 2.05) is 11.9 Å². The van der Waals surface area contributed by atoms with Crippen molar-refractivity contribution in [3.05, 3.63) is 11.8 Å². The van der Waals surface area contributed by atoms with Gasteiger partial charge >= 0.3 is 7.82 Å². The van der Waals surface area contributed by atoms with E-state index in [-0.39, 0.29) is 17.6 Å². The van der Waals surface area contributed by atoms with Gasteiger partial charge in [0.25, 0.3) is 0 Å². The lowest BCUT2D eigenvalue weighted by Crippen LogP contribution is -2.59. The van der Waals surface area contributed by atoms with Crippen LogP contribution in [0.4, 0.5) is 0 Å². The maximum Gasteiger partial charge on any atom is 0.470 e. The van der Waals surface area contributed by atoms with E-state index >= 15 is 0 Å². The molecule has 2 aliphatic rings. The van der Waals surface area contributed by atoms with Crippen molar-refractivity contribution in [2.24, 2.45) is 5.92 Å². The van der Waals surface area contributed by atoms with Gasteiger partial charge in [-0.25, -0.2) is 4.57 Å². The van der Waals surface area contributed by atoms with Gasteiger partial charge in [0.05, 0.1) is 6.04 Å². The van der Waals surface area contributed by atoms with Gasteiger partial charge in [-0.2, -0.15) is 0 Å². The molecule has 2 fully saturated rings. The number of hydrogen-bond acceptors (Lipinski definition) is 8. The minimum absolute atomic E-state index is 0.219. The zero-order chi connectivity index (χ0) is 22.6. The van der Waals surface area contributed by atoms with Gasteiger partial charge in [-0.3, -0.25) is 14.2 Å². The van der Waals surface area contributed by atoms with E-state index in [1.54, 1.807) is 19.3 Å². The molecular formula is C18H33N2O8PS. The second-order valence-electron chi connectivity index (χ2n) is 7.78. The molecule has 0 aliphatic carbocycles. The summed E-state index contributed by atoms with van der Waals surface area (Å²) in [6.45, 7) is 4.63. The Kier molecular flexibility index (Phi) is 9.35. The number of allylic oxidation sites excluding steroid dienone is 1. The Morgan fingerprint density at radius 3 is 2.57 bits per heavy atom. The fraction of sp³-hybridized carbons (Fsp3) is 0.833. The van der Waals surface area contributed by atoms with Gasteiger partial charge in [-0.15, -0.1) is 11.8 Å². The Morgan fingerprint density at radius 1 is 1.37 bits per heavy atom. The molecule has 0 spiro atoms. The van der Waals surface area contributed by atoms with E-state index < -0.39 is 37.7 Å². The number of nitrogens with zero attached hydrogens (tertiary/aromatic N) is 1. The number of phosphoric acid groups is 1. The maximum absolute atomic E-state index is 12.9. The first-order valence-electron chi connectivity index (χ1n) is 9.98. The first-order valence-corrected chi connectivity index (χ1v) is 12.8. The van der Waals surface area contributed by atoms with Crippen LogP contribution in [0, 0.1) is 5.92 Å². The van der Waals surface area contributed by atoms with Crippen LogP contribution in [0.1, 0.15) is 33.1 Å². The number of rotatable bonds is 8. The highest BCUT2D eigenvalue weighted by atomic mass is 32.2. The average molecular weight is 469 g/mol. The number of likely N-dealkylation sites (N-methyl/N-ethyl adjacent to an activating group) is 1. The molecule has 0 unspecified atom stereocenters. The van der Waals surface area contributed by atoms with Crippen LogP contribution in [0.5, 0.6) is 0 Å². The molecule has 30 heavy (non-hydrogen) atoms. The van der Waals surface area contributed by atoms with Crippen LogP contribution in [0.25, 0.3) is 0 Å². The molecule has 2 heterocycles. The number of ether oxygens (including phenoxy) is 1. The van der Waals surface area contributed by atoms with Crippen LogP contribution in [0.15, 0.2) is 11.8 Å². The molecule has 7 atom stereocenters. The lowest BCUT2D eigenvalue weighted by Gasteiger charge is -2.42. The summed E-state index contributed by atoms with van der Waals surface area (Å²) < 4.78 is 21.6. The summed E-state index contributed by atoms with van der Waals surface area (Å²) >= 11 is 1.07. The fourth-order valence-corrected chi connectivity index (χ4v) is 5.47. The Hall–Kier alpha value is -0.490. The molecule has 10 nitrogen and oxygen atoms in total. The first kappa shape index (κ1) is 25.8. The van der Waals surface area contributed by atoms with E-state index in [0.717, 1.165) is 37.6 Å². The molecule has 0 bridgehead atoms. The number of aliphatic hydroxyl groups is 2. The Balaban J connectivity index is 2.11. The highest BCUT2D eigenvalue weighted by Gasteiger charge is 2.49. The minimum Gasteiger partial charge on any atom is -0.387 e. The van der Waals surface area contributed by atoms with Gasteiger partial charge in [0, 0.05) is 12.2 Å². The van der Waals surface area contributed by atoms with Crippen LogP contribution >= 0.6 is 19.6 Å². The number of phosphoric ester groups is 1. The number of carbonyl (C=O) groups excluding carboxylic acids is 1.